The second kappa shape index (κ2) is 6.46. The number of carbonyl (C=O) groups excluding carboxylic acids is 1. The minimum absolute atomic E-state index is 0.116. The van der Waals surface area contributed by atoms with E-state index >= 15 is 0 Å². The molecule has 2 heterocycles. The maximum Gasteiger partial charge on any atom is 0.416 e. The summed E-state index contributed by atoms with van der Waals surface area (Å²) in [6, 6.07) is 8.12. The van der Waals surface area contributed by atoms with E-state index in [0.29, 0.717) is 13.1 Å². The molecule has 1 aromatic carbocycles. The Morgan fingerprint density at radius 3 is 2.64 bits per heavy atom. The molecule has 0 saturated heterocycles. The van der Waals surface area contributed by atoms with Crippen LogP contribution in [0.1, 0.15) is 31.1 Å². The van der Waals surface area contributed by atoms with Crippen molar-refractivity contribution in [1.29, 1.82) is 0 Å². The molecule has 0 bridgehead atoms. The van der Waals surface area contributed by atoms with E-state index in [1.807, 2.05) is 32.2 Å². The normalized spacial score (nSPS) is 17.5. The SMILES string of the molecule is CC(C)[C@@H]1c2cccn2CCN1C(=O)Nc1cccc(C(F)(F)F)c1. The van der Waals surface area contributed by atoms with Gasteiger partial charge < -0.3 is 14.8 Å². The zero-order valence-electron chi connectivity index (χ0n) is 14.0. The van der Waals surface area contributed by atoms with Gasteiger partial charge in [-0.1, -0.05) is 19.9 Å². The molecule has 25 heavy (non-hydrogen) atoms. The van der Waals surface area contributed by atoms with Crippen molar-refractivity contribution in [2.75, 3.05) is 11.9 Å². The van der Waals surface area contributed by atoms with Gasteiger partial charge in [0.2, 0.25) is 0 Å². The van der Waals surface area contributed by atoms with Crippen molar-refractivity contribution in [3.05, 3.63) is 53.9 Å². The summed E-state index contributed by atoms with van der Waals surface area (Å²) in [5.41, 5.74) is 0.405. The summed E-state index contributed by atoms with van der Waals surface area (Å²) in [5.74, 6) is 0.182. The Morgan fingerprint density at radius 1 is 1.20 bits per heavy atom. The summed E-state index contributed by atoms with van der Waals surface area (Å²) in [5, 5.41) is 2.61. The van der Waals surface area contributed by atoms with Gasteiger partial charge in [0.05, 0.1) is 11.6 Å². The van der Waals surface area contributed by atoms with E-state index in [9.17, 15) is 18.0 Å². The first-order valence-electron chi connectivity index (χ1n) is 8.17. The van der Waals surface area contributed by atoms with E-state index in [0.717, 1.165) is 17.8 Å². The predicted molar refractivity (Wildman–Crippen MR) is 89.2 cm³/mol. The van der Waals surface area contributed by atoms with E-state index in [4.69, 9.17) is 0 Å². The molecule has 1 atom stereocenters. The van der Waals surface area contributed by atoms with Gasteiger partial charge in [-0.3, -0.25) is 0 Å². The number of urea groups is 1. The fourth-order valence-corrected chi connectivity index (χ4v) is 3.31. The molecule has 2 amide bonds. The minimum Gasteiger partial charge on any atom is -0.348 e. The topological polar surface area (TPSA) is 37.3 Å². The van der Waals surface area contributed by atoms with E-state index in [-0.39, 0.29) is 23.7 Å². The Balaban J connectivity index is 1.82. The summed E-state index contributed by atoms with van der Waals surface area (Å²) in [6.07, 6.45) is -2.46. The molecule has 1 aliphatic rings. The second-order valence-electron chi connectivity index (χ2n) is 6.52. The van der Waals surface area contributed by atoms with Crippen LogP contribution in [0.3, 0.4) is 0 Å². The molecule has 0 radical (unpaired) electrons. The Hall–Kier alpha value is -2.44. The van der Waals surface area contributed by atoms with Gasteiger partial charge in [0.25, 0.3) is 0 Å². The van der Waals surface area contributed by atoms with Crippen molar-refractivity contribution in [1.82, 2.24) is 9.47 Å². The van der Waals surface area contributed by atoms with Crippen LogP contribution >= 0.6 is 0 Å². The number of alkyl halides is 3. The first-order chi connectivity index (χ1) is 11.8. The Kier molecular flexibility index (Phi) is 4.49. The van der Waals surface area contributed by atoms with E-state index < -0.39 is 11.7 Å². The predicted octanol–water partition coefficient (Wildman–Crippen LogP) is 4.75. The van der Waals surface area contributed by atoms with Gasteiger partial charge in [0.1, 0.15) is 0 Å². The maximum absolute atomic E-state index is 12.8. The molecule has 1 aromatic heterocycles. The Bertz CT molecular complexity index is 767. The molecule has 0 saturated carbocycles. The van der Waals surface area contributed by atoms with Gasteiger partial charge >= 0.3 is 12.2 Å². The highest BCUT2D eigenvalue weighted by atomic mass is 19.4. The molecular formula is C18H20F3N3O. The van der Waals surface area contributed by atoms with Gasteiger partial charge in [-0.25, -0.2) is 4.79 Å². The van der Waals surface area contributed by atoms with Crippen molar-refractivity contribution in [3.8, 4) is 0 Å². The van der Waals surface area contributed by atoms with Crippen LogP contribution in [0.2, 0.25) is 0 Å². The van der Waals surface area contributed by atoms with Crippen LogP contribution in [-0.2, 0) is 12.7 Å². The molecule has 0 aliphatic carbocycles. The van der Waals surface area contributed by atoms with Gasteiger partial charge in [-0.05, 0) is 36.2 Å². The number of carbonyl (C=O) groups is 1. The zero-order valence-corrected chi connectivity index (χ0v) is 14.0. The number of amides is 2. The standard InChI is InChI=1S/C18H20F3N3O/c1-12(2)16-15-7-4-8-23(15)9-10-24(16)17(25)22-14-6-3-5-13(11-14)18(19,20)21/h3-8,11-12,16H,9-10H2,1-2H3,(H,22,25)/t16-/m1/s1. The van der Waals surface area contributed by atoms with Crippen molar-refractivity contribution in [2.24, 2.45) is 5.92 Å². The first-order valence-corrected chi connectivity index (χ1v) is 8.17. The summed E-state index contributed by atoms with van der Waals surface area (Å²) >= 11 is 0. The summed E-state index contributed by atoms with van der Waals surface area (Å²) in [4.78, 5) is 14.4. The number of fused-ring (bicyclic) bond motifs is 1. The molecule has 4 nitrogen and oxygen atoms in total. The lowest BCUT2D eigenvalue weighted by molar-refractivity contribution is -0.137. The number of benzene rings is 1. The van der Waals surface area contributed by atoms with Crippen LogP contribution in [-0.4, -0.2) is 22.0 Å². The molecule has 3 rings (SSSR count). The molecule has 1 aliphatic heterocycles. The molecule has 0 unspecified atom stereocenters. The lowest BCUT2D eigenvalue weighted by atomic mass is 9.97. The van der Waals surface area contributed by atoms with Crippen molar-refractivity contribution in [2.45, 2.75) is 32.6 Å². The van der Waals surface area contributed by atoms with Crippen LogP contribution in [0.25, 0.3) is 0 Å². The fraction of sp³-hybridized carbons (Fsp3) is 0.389. The second-order valence-corrected chi connectivity index (χ2v) is 6.52. The number of hydrogen-bond donors (Lipinski definition) is 1. The lowest BCUT2D eigenvalue weighted by Gasteiger charge is -2.39. The van der Waals surface area contributed by atoms with Crippen LogP contribution in [0.4, 0.5) is 23.7 Å². The highest BCUT2D eigenvalue weighted by Crippen LogP contribution is 2.34. The van der Waals surface area contributed by atoms with E-state index in [1.54, 1.807) is 4.90 Å². The van der Waals surface area contributed by atoms with Crippen LogP contribution in [0.15, 0.2) is 42.6 Å². The van der Waals surface area contributed by atoms with Crippen LogP contribution < -0.4 is 5.32 Å². The van der Waals surface area contributed by atoms with Gasteiger partial charge in [0.15, 0.2) is 0 Å². The number of nitrogens with zero attached hydrogens (tertiary/aromatic N) is 2. The fourth-order valence-electron chi connectivity index (χ4n) is 3.31. The van der Waals surface area contributed by atoms with E-state index in [2.05, 4.69) is 9.88 Å². The van der Waals surface area contributed by atoms with Gasteiger partial charge in [-0.2, -0.15) is 13.2 Å². The Labute approximate surface area is 144 Å². The smallest absolute Gasteiger partial charge is 0.348 e. The largest absolute Gasteiger partial charge is 0.416 e. The first kappa shape index (κ1) is 17.4. The molecule has 134 valence electrons. The van der Waals surface area contributed by atoms with Crippen LogP contribution in [0, 0.1) is 5.92 Å². The van der Waals surface area contributed by atoms with Crippen molar-refractivity contribution in [3.63, 3.8) is 0 Å². The Morgan fingerprint density at radius 2 is 1.96 bits per heavy atom. The number of hydrogen-bond acceptors (Lipinski definition) is 1. The van der Waals surface area contributed by atoms with Gasteiger partial charge in [-0.15, -0.1) is 0 Å². The third kappa shape index (κ3) is 3.50. The molecular weight excluding hydrogens is 331 g/mol. The van der Waals surface area contributed by atoms with E-state index in [1.165, 1.54) is 12.1 Å². The van der Waals surface area contributed by atoms with Crippen LogP contribution in [0.5, 0.6) is 0 Å². The number of rotatable bonds is 2. The quantitative estimate of drug-likeness (QED) is 0.833. The number of anilines is 1. The molecule has 7 heteroatoms. The highest BCUT2D eigenvalue weighted by Gasteiger charge is 2.34. The highest BCUT2D eigenvalue weighted by molar-refractivity contribution is 5.89. The average molecular weight is 351 g/mol. The number of halogens is 3. The zero-order chi connectivity index (χ0) is 18.2. The summed E-state index contributed by atoms with van der Waals surface area (Å²) < 4.78 is 40.6. The molecule has 2 aromatic rings. The number of aromatic nitrogens is 1. The number of nitrogens with one attached hydrogen (secondary N) is 1. The third-order valence-electron chi connectivity index (χ3n) is 4.42. The van der Waals surface area contributed by atoms with Crippen molar-refractivity contribution >= 4 is 11.7 Å². The molecule has 0 spiro atoms. The molecule has 0 fully saturated rings. The maximum atomic E-state index is 12.8. The van der Waals surface area contributed by atoms with Crippen molar-refractivity contribution < 1.29 is 18.0 Å². The summed E-state index contributed by atoms with van der Waals surface area (Å²) in [6.45, 7) is 5.23. The molecule has 1 N–H and O–H groups in total. The monoisotopic (exact) mass is 351 g/mol. The lowest BCUT2D eigenvalue weighted by Crippen LogP contribution is -2.45. The average Bonchev–Trinajstić information content (AvgIpc) is 3.01. The minimum atomic E-state index is -4.44. The third-order valence-corrected chi connectivity index (χ3v) is 4.42. The van der Waals surface area contributed by atoms with Gasteiger partial charge in [0, 0.05) is 30.7 Å². The summed E-state index contributed by atoms with van der Waals surface area (Å²) in [7, 11) is 0.